The number of ether oxygens (including phenoxy) is 1. The largest absolute Gasteiger partial charge is 0.573 e. The number of amides is 1. The number of nitrogens with one attached hydrogen (secondary N) is 1. The second-order valence-corrected chi connectivity index (χ2v) is 5.43. The second kappa shape index (κ2) is 7.52. The molecule has 2 rings (SSSR count). The van der Waals surface area contributed by atoms with Gasteiger partial charge in [0.05, 0.1) is 5.69 Å². The van der Waals surface area contributed by atoms with Crippen LogP contribution >= 0.6 is 11.8 Å². The molecule has 2 aromatic rings. The SMILES string of the molecule is O=C(Nc1ccccc1SC(F)F)c1ccc(OC(F)(F)F)cc1. The number of thioether (sulfide) groups is 1. The van der Waals surface area contributed by atoms with Gasteiger partial charge in [0.2, 0.25) is 0 Å². The molecule has 0 bridgehead atoms. The van der Waals surface area contributed by atoms with E-state index in [-0.39, 0.29) is 27.9 Å². The van der Waals surface area contributed by atoms with Crippen molar-refractivity contribution in [2.24, 2.45) is 0 Å². The monoisotopic (exact) mass is 363 g/mol. The van der Waals surface area contributed by atoms with Gasteiger partial charge in [0.25, 0.3) is 11.7 Å². The summed E-state index contributed by atoms with van der Waals surface area (Å²) in [5.74, 6) is -3.76. The molecule has 0 spiro atoms. The summed E-state index contributed by atoms with van der Waals surface area (Å²) >= 11 is 0.278. The molecule has 24 heavy (non-hydrogen) atoms. The van der Waals surface area contributed by atoms with Crippen molar-refractivity contribution in [2.75, 3.05) is 5.32 Å². The quantitative estimate of drug-likeness (QED) is 0.590. The molecular weight excluding hydrogens is 353 g/mol. The maximum absolute atomic E-state index is 12.5. The van der Waals surface area contributed by atoms with Crippen LogP contribution in [0.25, 0.3) is 0 Å². The maximum atomic E-state index is 12.5. The number of carbonyl (C=O) groups excluding carboxylic acids is 1. The number of benzene rings is 2. The molecule has 0 aliphatic carbocycles. The number of halogens is 5. The summed E-state index contributed by atoms with van der Waals surface area (Å²) in [4.78, 5) is 12.3. The van der Waals surface area contributed by atoms with Crippen molar-refractivity contribution >= 4 is 23.4 Å². The Morgan fingerprint density at radius 2 is 1.67 bits per heavy atom. The molecule has 0 atom stereocenters. The molecule has 128 valence electrons. The van der Waals surface area contributed by atoms with Crippen LogP contribution in [0.2, 0.25) is 0 Å². The molecule has 9 heteroatoms. The number of rotatable bonds is 5. The van der Waals surface area contributed by atoms with Gasteiger partial charge in [-0.15, -0.1) is 13.2 Å². The van der Waals surface area contributed by atoms with E-state index in [1.54, 1.807) is 12.1 Å². The Labute approximate surface area is 137 Å². The fraction of sp³-hybridized carbons (Fsp3) is 0.133. The van der Waals surface area contributed by atoms with Crippen molar-refractivity contribution in [3.8, 4) is 5.75 Å². The molecule has 0 aromatic heterocycles. The average Bonchev–Trinajstić information content (AvgIpc) is 2.48. The van der Waals surface area contributed by atoms with Crippen LogP contribution in [0.4, 0.5) is 27.6 Å². The van der Waals surface area contributed by atoms with Crippen LogP contribution in [0.1, 0.15) is 10.4 Å². The van der Waals surface area contributed by atoms with Crippen LogP contribution in [0.15, 0.2) is 53.4 Å². The summed E-state index contributed by atoms with van der Waals surface area (Å²) in [5.41, 5.74) is 0.241. The third-order valence-corrected chi connectivity index (χ3v) is 3.49. The minimum atomic E-state index is -4.82. The third-order valence-electron chi connectivity index (χ3n) is 2.70. The molecule has 3 nitrogen and oxygen atoms in total. The summed E-state index contributed by atoms with van der Waals surface area (Å²) in [6.07, 6.45) is -4.82. The number of hydrogen-bond donors (Lipinski definition) is 1. The first-order valence-corrected chi connectivity index (χ1v) is 7.33. The highest BCUT2D eigenvalue weighted by atomic mass is 32.2. The first kappa shape index (κ1) is 18.1. The van der Waals surface area contributed by atoms with Gasteiger partial charge in [0.1, 0.15) is 5.75 Å². The minimum Gasteiger partial charge on any atom is -0.406 e. The van der Waals surface area contributed by atoms with E-state index in [2.05, 4.69) is 10.1 Å². The second-order valence-electron chi connectivity index (χ2n) is 4.40. The van der Waals surface area contributed by atoms with Crippen molar-refractivity contribution < 1.29 is 31.5 Å². The molecular formula is C15H10F5NO2S. The smallest absolute Gasteiger partial charge is 0.406 e. The van der Waals surface area contributed by atoms with Crippen molar-refractivity contribution in [1.82, 2.24) is 0 Å². The van der Waals surface area contributed by atoms with Gasteiger partial charge < -0.3 is 10.1 Å². The molecule has 1 N–H and O–H groups in total. The van der Waals surface area contributed by atoms with E-state index >= 15 is 0 Å². The molecule has 0 aliphatic heterocycles. The first-order valence-electron chi connectivity index (χ1n) is 6.45. The van der Waals surface area contributed by atoms with Crippen LogP contribution in [0.5, 0.6) is 5.75 Å². The van der Waals surface area contributed by atoms with E-state index in [1.165, 1.54) is 12.1 Å². The predicted molar refractivity (Wildman–Crippen MR) is 79.4 cm³/mol. The van der Waals surface area contributed by atoms with Gasteiger partial charge in [-0.1, -0.05) is 23.9 Å². The summed E-state index contributed by atoms with van der Waals surface area (Å²) in [5, 5.41) is 2.44. The van der Waals surface area contributed by atoms with Gasteiger partial charge in [-0.25, -0.2) is 0 Å². The lowest BCUT2D eigenvalue weighted by molar-refractivity contribution is -0.274. The predicted octanol–water partition coefficient (Wildman–Crippen LogP) is 5.15. The van der Waals surface area contributed by atoms with Crippen molar-refractivity contribution in [1.29, 1.82) is 0 Å². The van der Waals surface area contributed by atoms with Crippen molar-refractivity contribution in [2.45, 2.75) is 17.0 Å². The third kappa shape index (κ3) is 5.41. The molecule has 0 unspecified atom stereocenters. The molecule has 0 radical (unpaired) electrons. The van der Waals surface area contributed by atoms with Gasteiger partial charge in [-0.2, -0.15) is 8.78 Å². The van der Waals surface area contributed by atoms with E-state index in [0.29, 0.717) is 0 Å². The Morgan fingerprint density at radius 1 is 1.04 bits per heavy atom. The fourth-order valence-electron chi connectivity index (χ4n) is 1.77. The van der Waals surface area contributed by atoms with E-state index in [1.807, 2.05) is 0 Å². The summed E-state index contributed by atoms with van der Waals surface area (Å²) in [6.45, 7) is 0. The lowest BCUT2D eigenvalue weighted by atomic mass is 10.2. The van der Waals surface area contributed by atoms with Gasteiger partial charge in [0.15, 0.2) is 0 Å². The van der Waals surface area contributed by atoms with E-state index in [4.69, 9.17) is 0 Å². The molecule has 0 heterocycles. The minimum absolute atomic E-state index is 0.0568. The van der Waals surface area contributed by atoms with Crippen LogP contribution in [-0.4, -0.2) is 18.0 Å². The van der Waals surface area contributed by atoms with E-state index < -0.39 is 23.8 Å². The van der Waals surface area contributed by atoms with Crippen LogP contribution in [-0.2, 0) is 0 Å². The Hall–Kier alpha value is -2.29. The number of hydrogen-bond acceptors (Lipinski definition) is 3. The Morgan fingerprint density at radius 3 is 2.25 bits per heavy atom. The molecule has 2 aromatic carbocycles. The summed E-state index contributed by atoms with van der Waals surface area (Å²) in [6, 6.07) is 10.2. The molecule has 1 amide bonds. The molecule has 0 saturated heterocycles. The van der Waals surface area contributed by atoms with E-state index in [0.717, 1.165) is 24.3 Å². The Kier molecular flexibility index (Phi) is 5.66. The lowest BCUT2D eigenvalue weighted by Gasteiger charge is -2.11. The number of alkyl halides is 5. The highest BCUT2D eigenvalue weighted by Crippen LogP contribution is 2.32. The Bertz CT molecular complexity index is 704. The molecule has 0 aliphatic rings. The number of para-hydroxylation sites is 1. The zero-order chi connectivity index (χ0) is 17.7. The fourth-order valence-corrected chi connectivity index (χ4v) is 2.37. The van der Waals surface area contributed by atoms with Crippen LogP contribution in [0.3, 0.4) is 0 Å². The average molecular weight is 363 g/mol. The van der Waals surface area contributed by atoms with E-state index in [9.17, 15) is 26.7 Å². The zero-order valence-corrected chi connectivity index (χ0v) is 12.6. The summed E-state index contributed by atoms with van der Waals surface area (Å²) in [7, 11) is 0. The van der Waals surface area contributed by atoms with Crippen molar-refractivity contribution in [3.05, 3.63) is 54.1 Å². The van der Waals surface area contributed by atoms with Gasteiger partial charge in [-0.05, 0) is 36.4 Å². The standard InChI is InChI=1S/C15H10F5NO2S/c16-14(17)24-12-4-2-1-3-11(12)21-13(22)9-5-7-10(8-6-9)23-15(18,19)20/h1-8,14H,(H,21,22). The van der Waals surface area contributed by atoms with Crippen molar-refractivity contribution in [3.63, 3.8) is 0 Å². The number of carbonyl (C=O) groups is 1. The topological polar surface area (TPSA) is 38.3 Å². The Balaban J connectivity index is 2.10. The highest BCUT2D eigenvalue weighted by molar-refractivity contribution is 7.99. The van der Waals surface area contributed by atoms with Gasteiger partial charge in [0, 0.05) is 10.5 Å². The zero-order valence-electron chi connectivity index (χ0n) is 11.8. The van der Waals surface area contributed by atoms with Crippen LogP contribution < -0.4 is 10.1 Å². The normalized spacial score (nSPS) is 11.4. The lowest BCUT2D eigenvalue weighted by Crippen LogP contribution is -2.17. The molecule has 0 fully saturated rings. The maximum Gasteiger partial charge on any atom is 0.573 e. The first-order chi connectivity index (χ1) is 11.2. The van der Waals surface area contributed by atoms with Gasteiger partial charge in [-0.3, -0.25) is 4.79 Å². The number of anilines is 1. The van der Waals surface area contributed by atoms with Crippen LogP contribution in [0, 0.1) is 0 Å². The van der Waals surface area contributed by atoms with Gasteiger partial charge >= 0.3 is 6.36 Å². The summed E-state index contributed by atoms with van der Waals surface area (Å²) < 4.78 is 64.9. The molecule has 0 saturated carbocycles. The highest BCUT2D eigenvalue weighted by Gasteiger charge is 2.31.